The molecule has 0 radical (unpaired) electrons. The Morgan fingerprint density at radius 2 is 2.19 bits per heavy atom. The van der Waals surface area contributed by atoms with Crippen LogP contribution in [-0.2, 0) is 16.0 Å². The Labute approximate surface area is 124 Å². The number of carbonyl (C=O) groups excluding carboxylic acids is 2. The first-order valence-electron chi connectivity index (χ1n) is 7.60. The Hall–Kier alpha value is -1.88. The number of nitrogens with one attached hydrogen (secondary N) is 2. The van der Waals surface area contributed by atoms with Crippen LogP contribution in [-0.4, -0.2) is 17.9 Å². The molecule has 2 aliphatic rings. The third-order valence-electron chi connectivity index (χ3n) is 4.45. The van der Waals surface area contributed by atoms with Crippen LogP contribution >= 0.6 is 0 Å². The van der Waals surface area contributed by atoms with E-state index in [-0.39, 0.29) is 17.9 Å². The van der Waals surface area contributed by atoms with Crippen molar-refractivity contribution < 1.29 is 9.59 Å². The van der Waals surface area contributed by atoms with Gasteiger partial charge in [-0.3, -0.25) is 9.59 Å². The Morgan fingerprint density at radius 3 is 2.95 bits per heavy atom. The van der Waals surface area contributed by atoms with E-state index in [2.05, 4.69) is 10.6 Å². The van der Waals surface area contributed by atoms with E-state index in [1.807, 2.05) is 18.2 Å². The number of benzene rings is 1. The highest BCUT2D eigenvalue weighted by Crippen LogP contribution is 2.28. The Kier molecular flexibility index (Phi) is 3.92. The second-order valence-corrected chi connectivity index (χ2v) is 6.03. The third-order valence-corrected chi connectivity index (χ3v) is 4.45. The van der Waals surface area contributed by atoms with Crippen molar-refractivity contribution in [1.29, 1.82) is 0 Å². The average molecular weight is 287 g/mol. The molecule has 0 bridgehead atoms. The zero-order valence-electron chi connectivity index (χ0n) is 12.0. The fraction of sp³-hybridized carbons (Fsp3) is 0.500. The van der Waals surface area contributed by atoms with E-state index in [1.54, 1.807) is 0 Å². The van der Waals surface area contributed by atoms with Crippen molar-refractivity contribution in [2.45, 2.75) is 44.6 Å². The summed E-state index contributed by atoms with van der Waals surface area (Å²) < 4.78 is 0. The van der Waals surface area contributed by atoms with Crippen LogP contribution in [0, 0.1) is 5.92 Å². The maximum atomic E-state index is 12.1. The summed E-state index contributed by atoms with van der Waals surface area (Å²) in [6.45, 7) is 0. The van der Waals surface area contributed by atoms with Gasteiger partial charge in [-0.15, -0.1) is 0 Å². The lowest BCUT2D eigenvalue weighted by Gasteiger charge is -2.18. The van der Waals surface area contributed by atoms with Crippen LogP contribution in [0.15, 0.2) is 18.2 Å². The van der Waals surface area contributed by atoms with Crippen molar-refractivity contribution in [3.8, 4) is 0 Å². The second kappa shape index (κ2) is 5.85. The van der Waals surface area contributed by atoms with Crippen molar-refractivity contribution in [1.82, 2.24) is 0 Å². The van der Waals surface area contributed by atoms with Gasteiger partial charge in [-0.1, -0.05) is 6.42 Å². The zero-order chi connectivity index (χ0) is 14.8. The van der Waals surface area contributed by atoms with Gasteiger partial charge in [0.25, 0.3) is 0 Å². The number of carbonyl (C=O) groups is 2. The Bertz CT molecular complexity index is 571. The average Bonchev–Trinajstić information content (AvgIpc) is 2.84. The topological polar surface area (TPSA) is 84.2 Å². The van der Waals surface area contributed by atoms with E-state index in [0.29, 0.717) is 18.8 Å². The lowest BCUT2D eigenvalue weighted by molar-refractivity contribution is -0.117. The van der Waals surface area contributed by atoms with Gasteiger partial charge in [0.2, 0.25) is 11.8 Å². The van der Waals surface area contributed by atoms with E-state index in [9.17, 15) is 9.59 Å². The highest BCUT2D eigenvalue weighted by atomic mass is 16.2. The highest BCUT2D eigenvalue weighted by Gasteiger charge is 2.26. The molecule has 2 atom stereocenters. The molecule has 0 spiro atoms. The zero-order valence-corrected chi connectivity index (χ0v) is 12.0. The van der Waals surface area contributed by atoms with Crippen LogP contribution in [0.5, 0.6) is 0 Å². The number of aryl methyl sites for hydroxylation is 1. The van der Waals surface area contributed by atoms with Gasteiger partial charge >= 0.3 is 0 Å². The van der Waals surface area contributed by atoms with E-state index < -0.39 is 0 Å². The molecular weight excluding hydrogens is 266 g/mol. The summed E-state index contributed by atoms with van der Waals surface area (Å²) >= 11 is 0. The molecule has 1 aromatic rings. The minimum atomic E-state index is 0.0251. The Balaban J connectivity index is 1.62. The smallest absolute Gasteiger partial charge is 0.224 e. The number of anilines is 2. The molecule has 0 aromatic heterocycles. The lowest BCUT2D eigenvalue weighted by Crippen LogP contribution is -2.28. The van der Waals surface area contributed by atoms with Crippen LogP contribution in [0.4, 0.5) is 11.4 Å². The van der Waals surface area contributed by atoms with E-state index in [1.165, 1.54) is 0 Å². The molecule has 0 unspecified atom stereocenters. The largest absolute Gasteiger partial charge is 0.327 e. The molecule has 5 nitrogen and oxygen atoms in total. The van der Waals surface area contributed by atoms with Crippen LogP contribution in [0.2, 0.25) is 0 Å². The van der Waals surface area contributed by atoms with Crippen LogP contribution in [0.25, 0.3) is 0 Å². The van der Waals surface area contributed by atoms with Gasteiger partial charge in [-0.05, 0) is 48.9 Å². The van der Waals surface area contributed by atoms with E-state index in [0.717, 1.165) is 42.6 Å². The maximum Gasteiger partial charge on any atom is 0.224 e. The van der Waals surface area contributed by atoms with Crippen LogP contribution in [0.3, 0.4) is 0 Å². The molecule has 5 heteroatoms. The number of amides is 2. The molecule has 2 amide bonds. The quantitative estimate of drug-likeness (QED) is 0.795. The molecule has 3 rings (SSSR count). The number of hydrogen-bond acceptors (Lipinski definition) is 3. The molecule has 1 saturated carbocycles. The molecule has 1 fully saturated rings. The maximum absolute atomic E-state index is 12.1. The molecule has 1 aliphatic heterocycles. The summed E-state index contributed by atoms with van der Waals surface area (Å²) in [5.41, 5.74) is 8.72. The molecule has 1 aromatic carbocycles. The minimum absolute atomic E-state index is 0.0251. The number of nitrogens with two attached hydrogens (primary N) is 1. The number of rotatable bonds is 3. The predicted molar refractivity (Wildman–Crippen MR) is 82.0 cm³/mol. The second-order valence-electron chi connectivity index (χ2n) is 6.03. The molecule has 4 N–H and O–H groups in total. The van der Waals surface area contributed by atoms with Gasteiger partial charge in [0, 0.05) is 30.3 Å². The molecule has 0 saturated heterocycles. The van der Waals surface area contributed by atoms with Gasteiger partial charge < -0.3 is 16.4 Å². The minimum Gasteiger partial charge on any atom is -0.327 e. The molecular formula is C16H21N3O2. The molecule has 21 heavy (non-hydrogen) atoms. The summed E-state index contributed by atoms with van der Waals surface area (Å²) in [6.07, 6.45) is 4.91. The summed E-state index contributed by atoms with van der Waals surface area (Å²) in [7, 11) is 0. The van der Waals surface area contributed by atoms with E-state index >= 15 is 0 Å². The van der Waals surface area contributed by atoms with Gasteiger partial charge in [-0.25, -0.2) is 0 Å². The summed E-state index contributed by atoms with van der Waals surface area (Å²) in [5, 5.41) is 5.78. The fourth-order valence-corrected chi connectivity index (χ4v) is 3.23. The van der Waals surface area contributed by atoms with Gasteiger partial charge in [0.1, 0.15) is 0 Å². The SMILES string of the molecule is N[C@@H]1CCC[C@H]1CC(=O)Nc1ccc2c(c1)CCC(=O)N2. The highest BCUT2D eigenvalue weighted by molar-refractivity contribution is 5.95. The summed E-state index contributed by atoms with van der Waals surface area (Å²) in [6, 6.07) is 5.79. The van der Waals surface area contributed by atoms with Crippen molar-refractivity contribution in [2.24, 2.45) is 11.7 Å². The standard InChI is InChI=1S/C16H21N3O2/c17-13-3-1-2-10(13)9-16(21)18-12-5-6-14-11(8-12)4-7-15(20)19-14/h5-6,8,10,13H,1-4,7,9,17H2,(H,18,21)(H,19,20)/t10-,13+/m0/s1. The van der Waals surface area contributed by atoms with Crippen molar-refractivity contribution in [3.05, 3.63) is 23.8 Å². The van der Waals surface area contributed by atoms with Gasteiger partial charge in [0.05, 0.1) is 0 Å². The number of fused-ring (bicyclic) bond motifs is 1. The number of hydrogen-bond donors (Lipinski definition) is 3. The summed E-state index contributed by atoms with van der Waals surface area (Å²) in [5.74, 6) is 0.383. The summed E-state index contributed by atoms with van der Waals surface area (Å²) in [4.78, 5) is 23.4. The predicted octanol–water partition coefficient (Wildman–Crippen LogP) is 2.03. The first-order chi connectivity index (χ1) is 10.1. The molecule has 1 aliphatic carbocycles. The Morgan fingerprint density at radius 1 is 1.33 bits per heavy atom. The first kappa shape index (κ1) is 14.1. The normalized spacial score (nSPS) is 24.3. The monoisotopic (exact) mass is 287 g/mol. The molecule has 112 valence electrons. The fourth-order valence-electron chi connectivity index (χ4n) is 3.23. The van der Waals surface area contributed by atoms with Crippen molar-refractivity contribution >= 4 is 23.2 Å². The van der Waals surface area contributed by atoms with Crippen molar-refractivity contribution in [3.63, 3.8) is 0 Å². The van der Waals surface area contributed by atoms with Gasteiger partial charge in [-0.2, -0.15) is 0 Å². The van der Waals surface area contributed by atoms with Crippen LogP contribution < -0.4 is 16.4 Å². The molecule has 1 heterocycles. The van der Waals surface area contributed by atoms with Crippen molar-refractivity contribution in [2.75, 3.05) is 10.6 Å². The first-order valence-corrected chi connectivity index (χ1v) is 7.60. The van der Waals surface area contributed by atoms with Crippen LogP contribution in [0.1, 0.15) is 37.7 Å². The lowest BCUT2D eigenvalue weighted by atomic mass is 9.99. The van der Waals surface area contributed by atoms with E-state index in [4.69, 9.17) is 5.73 Å². The van der Waals surface area contributed by atoms with Gasteiger partial charge in [0.15, 0.2) is 0 Å². The third kappa shape index (κ3) is 3.24.